The van der Waals surface area contributed by atoms with Crippen LogP contribution in [-0.2, 0) is 0 Å². The minimum atomic E-state index is 0.383. The number of hydrogen-bond acceptors (Lipinski definition) is 8. The van der Waals surface area contributed by atoms with Gasteiger partial charge in [0.15, 0.2) is 0 Å². The second-order valence-corrected chi connectivity index (χ2v) is 19.1. The molecule has 10 rings (SSSR count). The number of rotatable bonds is 15. The van der Waals surface area contributed by atoms with Crippen molar-refractivity contribution in [1.82, 2.24) is 24.5 Å². The Bertz CT molecular complexity index is 3230. The number of pyridine rings is 2. The second kappa shape index (κ2) is 20.0. The second-order valence-electron chi connectivity index (χ2n) is 19.1. The highest BCUT2D eigenvalue weighted by Crippen LogP contribution is 2.41. The van der Waals surface area contributed by atoms with Crippen LogP contribution < -0.4 is 18.9 Å². The van der Waals surface area contributed by atoms with Gasteiger partial charge in [0.25, 0.3) is 0 Å². The lowest BCUT2D eigenvalue weighted by atomic mass is 9.85. The average Bonchev–Trinajstić information content (AvgIpc) is 3.69. The maximum absolute atomic E-state index is 6.51. The molecule has 0 amide bonds. The zero-order valence-electron chi connectivity index (χ0n) is 41.4. The van der Waals surface area contributed by atoms with Crippen LogP contribution in [0.2, 0.25) is 0 Å². The smallest absolute Gasteiger partial charge is 0.234 e. The van der Waals surface area contributed by atoms with E-state index in [-0.39, 0.29) is 0 Å². The van der Waals surface area contributed by atoms with Crippen molar-refractivity contribution >= 4 is 21.8 Å². The molecule has 0 fully saturated rings. The summed E-state index contributed by atoms with van der Waals surface area (Å²) in [7, 11) is 0. The summed E-state index contributed by atoms with van der Waals surface area (Å²) in [5, 5.41) is 2.02. The molecule has 0 radical (unpaired) electrons. The normalized spacial score (nSPS) is 11.6. The molecule has 0 aliphatic rings. The Morgan fingerprint density at radius 1 is 0.352 bits per heavy atom. The summed E-state index contributed by atoms with van der Waals surface area (Å²) in [6.45, 7) is 17.9. The first-order chi connectivity index (χ1) is 34.5. The summed E-state index contributed by atoms with van der Waals surface area (Å²) < 4.78 is 27.6. The van der Waals surface area contributed by atoms with E-state index in [0.29, 0.717) is 75.9 Å². The molecule has 0 saturated heterocycles. The van der Waals surface area contributed by atoms with E-state index in [1.807, 2.05) is 102 Å². The number of nitrogens with zero attached hydrogens (tertiary/aromatic N) is 5. The molecule has 71 heavy (non-hydrogen) atoms. The van der Waals surface area contributed by atoms with Crippen LogP contribution in [-0.4, -0.2) is 24.5 Å². The zero-order chi connectivity index (χ0) is 49.2. The van der Waals surface area contributed by atoms with Crippen LogP contribution in [0.15, 0.2) is 176 Å². The maximum Gasteiger partial charge on any atom is 0.234 e. The summed E-state index contributed by atoms with van der Waals surface area (Å²) >= 11 is 0. The number of aromatic nitrogens is 5. The quantitative estimate of drug-likeness (QED) is 0.100. The molecule has 4 heterocycles. The summed E-state index contributed by atoms with van der Waals surface area (Å²) in [5.41, 5.74) is 11.7. The maximum atomic E-state index is 6.51. The number of ether oxygens (including phenoxy) is 4. The Balaban J connectivity index is 0.884. The van der Waals surface area contributed by atoms with E-state index in [4.69, 9.17) is 28.9 Å². The molecular formula is C62H57N5O4. The van der Waals surface area contributed by atoms with Crippen molar-refractivity contribution in [2.24, 2.45) is 0 Å². The highest BCUT2D eigenvalue weighted by Gasteiger charge is 2.20. The van der Waals surface area contributed by atoms with Crippen molar-refractivity contribution in [3.05, 3.63) is 199 Å². The fourth-order valence-corrected chi connectivity index (χ4v) is 9.39. The molecule has 0 atom stereocenters. The summed E-state index contributed by atoms with van der Waals surface area (Å²) in [6, 6.07) is 50.3. The van der Waals surface area contributed by atoms with Crippen LogP contribution >= 0.6 is 0 Å². The van der Waals surface area contributed by atoms with E-state index in [1.165, 1.54) is 33.4 Å². The van der Waals surface area contributed by atoms with Crippen molar-refractivity contribution in [2.45, 2.75) is 79.1 Å². The van der Waals surface area contributed by atoms with Gasteiger partial charge in [-0.25, -0.2) is 19.9 Å². The molecule has 0 aliphatic heterocycles. The van der Waals surface area contributed by atoms with E-state index in [1.54, 1.807) is 18.5 Å². The zero-order valence-corrected chi connectivity index (χ0v) is 41.4. The first kappa shape index (κ1) is 46.4. The lowest BCUT2D eigenvalue weighted by Gasteiger charge is -2.20. The minimum Gasteiger partial charge on any atom is -0.457 e. The summed E-state index contributed by atoms with van der Waals surface area (Å²) in [6.07, 6.45) is 7.29. The van der Waals surface area contributed by atoms with Crippen LogP contribution in [0.5, 0.6) is 46.3 Å². The fraction of sp³-hybridized carbons (Fsp3) is 0.194. The van der Waals surface area contributed by atoms with Crippen LogP contribution in [0, 0.1) is 0 Å². The van der Waals surface area contributed by atoms with Crippen molar-refractivity contribution in [2.75, 3.05) is 0 Å². The topological polar surface area (TPSA) is 93.4 Å². The van der Waals surface area contributed by atoms with Gasteiger partial charge in [0.05, 0.1) is 11.0 Å². The molecule has 0 saturated carbocycles. The third-order valence-corrected chi connectivity index (χ3v) is 12.8. The van der Waals surface area contributed by atoms with Gasteiger partial charge in [-0.1, -0.05) is 104 Å². The SMILES string of the molecule is CC(C)c1cccc(C(C)C)c1-c1ccc(Oc2cccc(Oc3ccc4c5ccc(Oc6cccc(Oc7ccc(-c8c(C(C)C)cccc8C(C)C)cn7)c6)cc5n(-c5ncccn5)c4c3)c2)nc1. The van der Waals surface area contributed by atoms with Crippen molar-refractivity contribution in [1.29, 1.82) is 0 Å². The summed E-state index contributed by atoms with van der Waals surface area (Å²) in [5.74, 6) is 6.79. The van der Waals surface area contributed by atoms with Gasteiger partial charge in [-0.3, -0.25) is 4.57 Å². The highest BCUT2D eigenvalue weighted by molar-refractivity contribution is 6.09. The van der Waals surface area contributed by atoms with Crippen LogP contribution in [0.1, 0.15) is 101 Å². The molecule has 9 nitrogen and oxygen atoms in total. The molecule has 6 aromatic carbocycles. The van der Waals surface area contributed by atoms with Gasteiger partial charge < -0.3 is 18.9 Å². The Kier molecular flexibility index (Phi) is 13.1. The predicted octanol–water partition coefficient (Wildman–Crippen LogP) is 17.4. The molecule has 9 heteroatoms. The third kappa shape index (κ3) is 9.81. The monoisotopic (exact) mass is 935 g/mol. The average molecular weight is 936 g/mol. The van der Waals surface area contributed by atoms with E-state index in [2.05, 4.69) is 126 Å². The Labute approximate surface area is 415 Å². The van der Waals surface area contributed by atoms with Gasteiger partial charge in [-0.05, 0) is 124 Å². The Hall–Kier alpha value is -8.30. The number of fused-ring (bicyclic) bond motifs is 3. The highest BCUT2D eigenvalue weighted by atomic mass is 16.5. The first-order valence-corrected chi connectivity index (χ1v) is 24.4. The van der Waals surface area contributed by atoms with Crippen LogP contribution in [0.3, 0.4) is 0 Å². The van der Waals surface area contributed by atoms with Crippen LogP contribution in [0.25, 0.3) is 50.0 Å². The first-order valence-electron chi connectivity index (χ1n) is 24.4. The molecule has 4 aromatic heterocycles. The van der Waals surface area contributed by atoms with Crippen molar-refractivity contribution < 1.29 is 18.9 Å². The number of hydrogen-bond donors (Lipinski definition) is 0. The Morgan fingerprint density at radius 3 is 1.08 bits per heavy atom. The lowest BCUT2D eigenvalue weighted by molar-refractivity contribution is 0.449. The van der Waals surface area contributed by atoms with E-state index < -0.39 is 0 Å². The van der Waals surface area contributed by atoms with Gasteiger partial charge in [0.1, 0.15) is 34.5 Å². The van der Waals surface area contributed by atoms with Gasteiger partial charge in [-0.15, -0.1) is 0 Å². The lowest BCUT2D eigenvalue weighted by Crippen LogP contribution is -2.00. The largest absolute Gasteiger partial charge is 0.457 e. The van der Waals surface area contributed by atoms with E-state index >= 15 is 0 Å². The fourth-order valence-electron chi connectivity index (χ4n) is 9.39. The molecule has 10 aromatic rings. The Morgan fingerprint density at radius 2 is 0.718 bits per heavy atom. The molecule has 0 N–H and O–H groups in total. The van der Waals surface area contributed by atoms with Gasteiger partial charge in [0.2, 0.25) is 17.7 Å². The molecule has 0 aliphatic carbocycles. The third-order valence-electron chi connectivity index (χ3n) is 12.8. The predicted molar refractivity (Wildman–Crippen MR) is 285 cm³/mol. The van der Waals surface area contributed by atoms with E-state index in [0.717, 1.165) is 32.9 Å². The van der Waals surface area contributed by atoms with E-state index in [9.17, 15) is 0 Å². The van der Waals surface area contributed by atoms with Crippen LogP contribution in [0.4, 0.5) is 0 Å². The van der Waals surface area contributed by atoms with Gasteiger partial charge in [-0.2, -0.15) is 0 Å². The standard InChI is InChI=1S/C62H57N5O4/c1-38(2)50-18-11-19-51(39(3)4)60(50)42-22-28-58(65-36-42)70-46-16-9-14-44(32-46)68-48-24-26-54-55-27-25-49(35-57(55)67(56(54)34-48)62-63-30-13-31-64-62)69-45-15-10-17-47(33-45)71-59-29-23-43(37-66-59)61-52(40(5)6)20-12-21-53(61)41(7)8/h9-41H,1-8H3. The van der Waals surface area contributed by atoms with Gasteiger partial charge >= 0.3 is 0 Å². The molecule has 0 unspecified atom stereocenters. The molecule has 354 valence electrons. The van der Waals surface area contributed by atoms with Gasteiger partial charge in [0, 0.05) is 83.1 Å². The van der Waals surface area contributed by atoms with Crippen molar-refractivity contribution in [3.8, 4) is 74.5 Å². The molecule has 0 bridgehead atoms. The van der Waals surface area contributed by atoms with Crippen molar-refractivity contribution in [3.63, 3.8) is 0 Å². The molecule has 0 spiro atoms. The number of benzene rings is 6. The molecular weight excluding hydrogens is 879 g/mol. The summed E-state index contributed by atoms with van der Waals surface area (Å²) in [4.78, 5) is 18.8. The minimum absolute atomic E-state index is 0.383.